The average molecular weight is 429 g/mol. The van der Waals surface area contributed by atoms with Gasteiger partial charge in [0.2, 0.25) is 15.9 Å². The molecule has 1 aromatic heterocycles. The van der Waals surface area contributed by atoms with E-state index in [1.165, 1.54) is 11.8 Å². The number of carbonyl (C=O) groups excluding carboxylic acids is 1. The number of rotatable bonds is 6. The molecular weight excluding hydrogens is 400 g/mol. The summed E-state index contributed by atoms with van der Waals surface area (Å²) >= 11 is 0. The maximum atomic E-state index is 12.9. The van der Waals surface area contributed by atoms with Gasteiger partial charge in [0.15, 0.2) is 0 Å². The van der Waals surface area contributed by atoms with E-state index in [4.69, 9.17) is 4.74 Å². The van der Waals surface area contributed by atoms with E-state index in [-0.39, 0.29) is 22.9 Å². The van der Waals surface area contributed by atoms with Crippen LogP contribution in [0.25, 0.3) is 0 Å². The second-order valence-corrected chi connectivity index (χ2v) is 11.0. The van der Waals surface area contributed by atoms with Crippen LogP contribution in [-0.2, 0) is 14.8 Å². The number of benzene rings is 1. The minimum absolute atomic E-state index is 0.0874. The van der Waals surface area contributed by atoms with Crippen molar-refractivity contribution in [3.63, 3.8) is 0 Å². The zero-order valence-corrected chi connectivity index (χ0v) is 18.7. The first-order valence-corrected chi connectivity index (χ1v) is 11.9. The van der Waals surface area contributed by atoms with E-state index in [1.54, 1.807) is 12.1 Å². The van der Waals surface area contributed by atoms with E-state index in [1.807, 2.05) is 45.9 Å². The smallest absolute Gasteiger partial charge is 0.233 e. The van der Waals surface area contributed by atoms with Crippen molar-refractivity contribution in [3.05, 3.63) is 47.7 Å². The van der Waals surface area contributed by atoms with Crippen molar-refractivity contribution in [1.29, 1.82) is 0 Å². The summed E-state index contributed by atoms with van der Waals surface area (Å²) in [5, 5.41) is 0. The number of aryl methyl sites for hydroxylation is 2. The number of carbonyl (C=O) groups is 1. The van der Waals surface area contributed by atoms with Gasteiger partial charge in [-0.05, 0) is 67.3 Å². The number of ketones is 1. The first-order chi connectivity index (χ1) is 14.0. The highest BCUT2D eigenvalue weighted by Gasteiger charge is 2.65. The molecule has 30 heavy (non-hydrogen) atoms. The number of aromatic nitrogens is 1. The average Bonchev–Trinajstić information content (AvgIpc) is 3.00. The lowest BCUT2D eigenvalue weighted by Crippen LogP contribution is -2.43. The van der Waals surface area contributed by atoms with Crippen molar-refractivity contribution in [2.45, 2.75) is 47.0 Å². The van der Waals surface area contributed by atoms with Gasteiger partial charge >= 0.3 is 0 Å². The molecule has 2 aliphatic carbocycles. The Balaban J connectivity index is 1.46. The molecule has 0 unspecified atom stereocenters. The number of hydrogen-bond donors (Lipinski definition) is 1. The summed E-state index contributed by atoms with van der Waals surface area (Å²) in [7, 11) is -3.70. The molecule has 2 aliphatic rings. The van der Waals surface area contributed by atoms with Gasteiger partial charge in [-0.1, -0.05) is 19.9 Å². The highest BCUT2D eigenvalue weighted by atomic mass is 32.2. The molecule has 0 saturated heterocycles. The van der Waals surface area contributed by atoms with Gasteiger partial charge in [-0.25, -0.2) is 13.4 Å². The number of nitrogens with zero attached hydrogens (tertiary/aromatic N) is 1. The highest BCUT2D eigenvalue weighted by Crippen LogP contribution is 2.64. The lowest BCUT2D eigenvalue weighted by Gasteiger charge is -2.36. The Hall–Kier alpha value is -2.41. The third kappa shape index (κ3) is 3.49. The Kier molecular flexibility index (Phi) is 4.92. The first kappa shape index (κ1) is 20.8. The summed E-state index contributed by atoms with van der Waals surface area (Å²) in [6.07, 6.45) is 3.49. The summed E-state index contributed by atoms with van der Waals surface area (Å²) in [6.45, 7) is 8.11. The molecule has 4 rings (SSSR count). The van der Waals surface area contributed by atoms with Crippen LogP contribution in [0.3, 0.4) is 0 Å². The number of Topliss-reactive ketones (excluding diaryl/α,β-unsaturated/α-hetero) is 1. The number of pyridine rings is 1. The molecule has 0 aliphatic heterocycles. The molecule has 0 radical (unpaired) electrons. The fraction of sp³-hybridized carbons (Fsp3) is 0.478. The van der Waals surface area contributed by atoms with Crippen LogP contribution in [-0.4, -0.2) is 24.9 Å². The predicted molar refractivity (Wildman–Crippen MR) is 116 cm³/mol. The lowest BCUT2D eigenvalue weighted by atomic mass is 9.70. The maximum absolute atomic E-state index is 12.9. The quantitative estimate of drug-likeness (QED) is 0.725. The van der Waals surface area contributed by atoms with Crippen LogP contribution in [0.15, 0.2) is 36.5 Å². The molecule has 2 aromatic rings. The third-order valence-corrected chi connectivity index (χ3v) is 8.71. The van der Waals surface area contributed by atoms with Crippen molar-refractivity contribution in [2.75, 3.05) is 10.5 Å². The summed E-state index contributed by atoms with van der Waals surface area (Å²) in [5.41, 5.74) is 1.58. The first-order valence-electron chi connectivity index (χ1n) is 10.3. The molecule has 1 heterocycles. The molecule has 0 spiro atoms. The van der Waals surface area contributed by atoms with Gasteiger partial charge in [-0.2, -0.15) is 0 Å². The standard InChI is InChI=1S/C23H28N2O4S/c1-15-5-7-19(11-16(15)2)29-21-8-6-18(13-24-21)25-30(27,28)14-23-10-9-17(12-20(23)26)22(23,3)4/h5-8,11,13,17,25H,9-10,12,14H2,1-4H3/t17-,23-/m0/s1. The minimum atomic E-state index is -3.70. The number of anilines is 1. The third-order valence-electron chi connectivity index (χ3n) is 7.29. The maximum Gasteiger partial charge on any atom is 0.233 e. The molecule has 1 aromatic carbocycles. The molecule has 2 fully saturated rings. The molecular formula is C23H28N2O4S. The number of ether oxygens (including phenoxy) is 1. The normalized spacial score (nSPS) is 24.8. The summed E-state index contributed by atoms with van der Waals surface area (Å²) < 4.78 is 34.1. The number of nitrogens with one attached hydrogen (secondary N) is 1. The van der Waals surface area contributed by atoms with Crippen LogP contribution in [0, 0.1) is 30.6 Å². The molecule has 0 amide bonds. The fourth-order valence-electron chi connectivity index (χ4n) is 5.05. The number of hydrogen-bond acceptors (Lipinski definition) is 5. The van der Waals surface area contributed by atoms with E-state index in [2.05, 4.69) is 9.71 Å². The molecule has 6 nitrogen and oxygen atoms in total. The van der Waals surface area contributed by atoms with Crippen LogP contribution in [0.2, 0.25) is 0 Å². The Morgan fingerprint density at radius 1 is 1.17 bits per heavy atom. The minimum Gasteiger partial charge on any atom is -0.439 e. The number of fused-ring (bicyclic) bond motifs is 2. The van der Waals surface area contributed by atoms with Crippen molar-refractivity contribution >= 4 is 21.5 Å². The van der Waals surface area contributed by atoms with Crippen LogP contribution in [0.4, 0.5) is 5.69 Å². The van der Waals surface area contributed by atoms with Crippen molar-refractivity contribution in [3.8, 4) is 11.6 Å². The van der Waals surface area contributed by atoms with Gasteiger partial charge in [0.05, 0.1) is 23.1 Å². The van der Waals surface area contributed by atoms with Gasteiger partial charge in [0, 0.05) is 12.5 Å². The Labute approximate surface area is 178 Å². The number of sulfonamides is 1. The monoisotopic (exact) mass is 428 g/mol. The van der Waals surface area contributed by atoms with Crippen LogP contribution in [0.5, 0.6) is 11.6 Å². The largest absolute Gasteiger partial charge is 0.439 e. The van der Waals surface area contributed by atoms with Gasteiger partial charge < -0.3 is 4.74 Å². The molecule has 2 atom stereocenters. The molecule has 160 valence electrons. The Bertz CT molecular complexity index is 1090. The lowest BCUT2D eigenvalue weighted by molar-refractivity contribution is -0.128. The van der Waals surface area contributed by atoms with E-state index in [0.717, 1.165) is 12.0 Å². The van der Waals surface area contributed by atoms with Crippen molar-refractivity contribution in [1.82, 2.24) is 4.98 Å². The van der Waals surface area contributed by atoms with Gasteiger partial charge in [-0.15, -0.1) is 0 Å². The highest BCUT2D eigenvalue weighted by molar-refractivity contribution is 7.92. The second-order valence-electron chi connectivity index (χ2n) is 9.26. The second kappa shape index (κ2) is 7.08. The zero-order valence-electron chi connectivity index (χ0n) is 17.9. The van der Waals surface area contributed by atoms with Crippen molar-refractivity contribution < 1.29 is 17.9 Å². The van der Waals surface area contributed by atoms with E-state index in [0.29, 0.717) is 30.2 Å². The Morgan fingerprint density at radius 2 is 1.93 bits per heavy atom. The predicted octanol–water partition coefficient (Wildman–Crippen LogP) is 4.63. The van der Waals surface area contributed by atoms with Crippen LogP contribution < -0.4 is 9.46 Å². The van der Waals surface area contributed by atoms with Gasteiger partial charge in [-0.3, -0.25) is 9.52 Å². The molecule has 1 N–H and O–H groups in total. The topological polar surface area (TPSA) is 85.4 Å². The van der Waals surface area contributed by atoms with Gasteiger partial charge in [0.1, 0.15) is 11.5 Å². The van der Waals surface area contributed by atoms with Gasteiger partial charge in [0.25, 0.3) is 0 Å². The van der Waals surface area contributed by atoms with Crippen LogP contribution >= 0.6 is 0 Å². The van der Waals surface area contributed by atoms with E-state index in [9.17, 15) is 13.2 Å². The summed E-state index contributed by atoms with van der Waals surface area (Å²) in [5.74, 6) is 1.25. The molecule has 2 saturated carbocycles. The van der Waals surface area contributed by atoms with E-state index >= 15 is 0 Å². The Morgan fingerprint density at radius 3 is 2.50 bits per heavy atom. The fourth-order valence-corrected chi connectivity index (χ4v) is 6.93. The van der Waals surface area contributed by atoms with Crippen LogP contribution in [0.1, 0.15) is 44.2 Å². The SMILES string of the molecule is Cc1ccc(Oc2ccc(NS(=O)(=O)C[C@@]34CC[C@@H](CC3=O)C4(C)C)cn2)cc1C. The summed E-state index contributed by atoms with van der Waals surface area (Å²) in [6, 6.07) is 9.03. The zero-order chi connectivity index (χ0) is 21.7. The molecule has 7 heteroatoms. The van der Waals surface area contributed by atoms with Crippen molar-refractivity contribution in [2.24, 2.45) is 16.7 Å². The molecule has 2 bridgehead atoms. The van der Waals surface area contributed by atoms with E-state index < -0.39 is 15.4 Å². The summed E-state index contributed by atoms with van der Waals surface area (Å²) in [4.78, 5) is 16.9.